The molecule has 0 amide bonds. The molecule has 0 unspecified atom stereocenters. The standard InChI is InChI=1S/C8H21O2P/c1-9-5-7-11(3,4)8-6-10-2/h11H,5-8H2,1-4H3. The van der Waals surface area contributed by atoms with E-state index in [1.807, 2.05) is 0 Å². The van der Waals surface area contributed by atoms with Gasteiger partial charge in [0.05, 0.1) is 0 Å². The molecule has 0 aromatic rings. The molecule has 0 radical (unpaired) electrons. The minimum atomic E-state index is -0.995. The molecule has 0 saturated carbocycles. The molecule has 0 saturated heterocycles. The van der Waals surface area contributed by atoms with Gasteiger partial charge in [-0.05, 0) is 0 Å². The number of ether oxygens (including phenoxy) is 2. The monoisotopic (exact) mass is 180 g/mol. The summed E-state index contributed by atoms with van der Waals surface area (Å²) in [6.07, 6.45) is 2.49. The van der Waals surface area contributed by atoms with Crippen molar-refractivity contribution in [2.24, 2.45) is 0 Å². The first-order chi connectivity index (χ1) is 5.12. The third kappa shape index (κ3) is 6.74. The zero-order valence-corrected chi connectivity index (χ0v) is 9.14. The Labute approximate surface area is 70.6 Å². The molecule has 0 heterocycles. The first kappa shape index (κ1) is 11.4. The second-order valence-electron chi connectivity index (χ2n) is 3.65. The molecule has 0 aliphatic heterocycles. The molecule has 0 aromatic heterocycles. The van der Waals surface area contributed by atoms with Crippen molar-refractivity contribution >= 4 is 7.26 Å². The average molecular weight is 180 g/mol. The van der Waals surface area contributed by atoms with Crippen LogP contribution in [0, 0.1) is 0 Å². The Hall–Kier alpha value is 0.350. The first-order valence-electron chi connectivity index (χ1n) is 4.10. The predicted octanol–water partition coefficient (Wildman–Crippen LogP) is 1.29. The zero-order chi connectivity index (χ0) is 8.74. The van der Waals surface area contributed by atoms with Gasteiger partial charge >= 0.3 is 69.8 Å². The Morgan fingerprint density at radius 3 is 1.55 bits per heavy atom. The molecule has 0 bridgehead atoms. The average Bonchev–Trinajstić information content (AvgIpc) is 1.97. The third-order valence-electron chi connectivity index (χ3n) is 1.97. The summed E-state index contributed by atoms with van der Waals surface area (Å²) in [7, 11) is 2.53. The van der Waals surface area contributed by atoms with E-state index in [-0.39, 0.29) is 0 Å². The summed E-state index contributed by atoms with van der Waals surface area (Å²) in [5.74, 6) is 0. The molecule has 0 N–H and O–H groups in total. The second-order valence-corrected chi connectivity index (χ2v) is 8.98. The Bertz CT molecular complexity index is 84.1. The molecular formula is C8H21O2P. The van der Waals surface area contributed by atoms with Gasteiger partial charge in [-0.1, -0.05) is 0 Å². The van der Waals surface area contributed by atoms with Crippen LogP contribution in [0.4, 0.5) is 0 Å². The van der Waals surface area contributed by atoms with Crippen molar-refractivity contribution < 1.29 is 9.47 Å². The molecule has 0 spiro atoms. The van der Waals surface area contributed by atoms with Crippen molar-refractivity contribution in [3.8, 4) is 0 Å². The van der Waals surface area contributed by atoms with Crippen molar-refractivity contribution in [1.29, 1.82) is 0 Å². The van der Waals surface area contributed by atoms with Gasteiger partial charge in [-0.3, -0.25) is 0 Å². The van der Waals surface area contributed by atoms with Gasteiger partial charge in [0.15, 0.2) is 0 Å². The van der Waals surface area contributed by atoms with Crippen LogP contribution in [0.3, 0.4) is 0 Å². The fraction of sp³-hybridized carbons (Fsp3) is 1.00. The molecule has 70 valence electrons. The van der Waals surface area contributed by atoms with E-state index in [1.165, 1.54) is 12.3 Å². The number of methoxy groups -OCH3 is 2. The summed E-state index contributed by atoms with van der Waals surface area (Å²) in [6.45, 7) is 6.57. The Kier molecular flexibility index (Phi) is 6.12. The minimum absolute atomic E-state index is 0.906. The van der Waals surface area contributed by atoms with Gasteiger partial charge in [-0.25, -0.2) is 0 Å². The van der Waals surface area contributed by atoms with Gasteiger partial charge < -0.3 is 0 Å². The molecule has 0 rings (SSSR count). The van der Waals surface area contributed by atoms with Crippen LogP contribution in [-0.2, 0) is 9.47 Å². The van der Waals surface area contributed by atoms with Crippen LogP contribution >= 0.6 is 7.26 Å². The third-order valence-corrected chi connectivity index (χ3v) is 5.08. The van der Waals surface area contributed by atoms with Crippen LogP contribution in [0.2, 0.25) is 0 Å². The van der Waals surface area contributed by atoms with E-state index in [2.05, 4.69) is 13.3 Å². The van der Waals surface area contributed by atoms with Crippen LogP contribution in [0.1, 0.15) is 0 Å². The van der Waals surface area contributed by atoms with Crippen LogP contribution in [0.5, 0.6) is 0 Å². The van der Waals surface area contributed by atoms with E-state index in [4.69, 9.17) is 9.47 Å². The Balaban J connectivity index is 3.43. The van der Waals surface area contributed by atoms with Crippen molar-refractivity contribution in [2.45, 2.75) is 0 Å². The maximum atomic E-state index is 5.05. The molecular weight excluding hydrogens is 159 g/mol. The molecule has 11 heavy (non-hydrogen) atoms. The van der Waals surface area contributed by atoms with Gasteiger partial charge in [-0.15, -0.1) is 0 Å². The Morgan fingerprint density at radius 2 is 1.27 bits per heavy atom. The van der Waals surface area contributed by atoms with E-state index in [0.717, 1.165) is 13.2 Å². The van der Waals surface area contributed by atoms with Gasteiger partial charge in [0, 0.05) is 0 Å². The molecule has 0 atom stereocenters. The normalized spacial score (nSPS) is 13.5. The Morgan fingerprint density at radius 1 is 0.909 bits per heavy atom. The SMILES string of the molecule is COCC[PH](C)(C)CCOC. The fourth-order valence-corrected chi connectivity index (χ4v) is 2.65. The number of hydrogen-bond donors (Lipinski definition) is 0. The van der Waals surface area contributed by atoms with E-state index in [9.17, 15) is 0 Å². The predicted molar refractivity (Wildman–Crippen MR) is 53.6 cm³/mol. The topological polar surface area (TPSA) is 18.5 Å². The van der Waals surface area contributed by atoms with E-state index in [0.29, 0.717) is 0 Å². The van der Waals surface area contributed by atoms with Crippen LogP contribution in [0.15, 0.2) is 0 Å². The fourth-order valence-electron chi connectivity index (χ4n) is 0.882. The summed E-state index contributed by atoms with van der Waals surface area (Å²) < 4.78 is 10.1. The summed E-state index contributed by atoms with van der Waals surface area (Å²) in [6, 6.07) is 0. The van der Waals surface area contributed by atoms with E-state index < -0.39 is 7.26 Å². The quantitative estimate of drug-likeness (QED) is 0.573. The summed E-state index contributed by atoms with van der Waals surface area (Å²) in [4.78, 5) is 0. The van der Waals surface area contributed by atoms with Crippen LogP contribution in [0.25, 0.3) is 0 Å². The van der Waals surface area contributed by atoms with Crippen molar-refractivity contribution in [1.82, 2.24) is 0 Å². The van der Waals surface area contributed by atoms with Gasteiger partial charge in [0.1, 0.15) is 0 Å². The van der Waals surface area contributed by atoms with Gasteiger partial charge in [-0.2, -0.15) is 0 Å². The first-order valence-corrected chi connectivity index (χ1v) is 7.52. The molecule has 0 aliphatic carbocycles. The number of rotatable bonds is 6. The van der Waals surface area contributed by atoms with Crippen LogP contribution in [-0.4, -0.2) is 53.1 Å². The number of hydrogen-bond acceptors (Lipinski definition) is 2. The second kappa shape index (κ2) is 5.93. The summed E-state index contributed by atoms with van der Waals surface area (Å²) in [5, 5.41) is 0. The van der Waals surface area contributed by atoms with Crippen molar-refractivity contribution in [3.05, 3.63) is 0 Å². The van der Waals surface area contributed by atoms with Crippen molar-refractivity contribution in [3.63, 3.8) is 0 Å². The van der Waals surface area contributed by atoms with Crippen LogP contribution < -0.4 is 0 Å². The maximum absolute atomic E-state index is 5.05. The van der Waals surface area contributed by atoms with Gasteiger partial charge in [0.25, 0.3) is 0 Å². The molecule has 0 aliphatic rings. The zero-order valence-electron chi connectivity index (χ0n) is 8.14. The van der Waals surface area contributed by atoms with E-state index >= 15 is 0 Å². The molecule has 2 nitrogen and oxygen atoms in total. The molecule has 3 heteroatoms. The van der Waals surface area contributed by atoms with E-state index in [1.54, 1.807) is 14.2 Å². The molecule has 0 aromatic carbocycles. The summed E-state index contributed by atoms with van der Waals surface area (Å²) >= 11 is 0. The molecule has 0 fully saturated rings. The van der Waals surface area contributed by atoms with Crippen molar-refractivity contribution in [2.75, 3.05) is 53.1 Å². The summed E-state index contributed by atoms with van der Waals surface area (Å²) in [5.41, 5.74) is 0. The van der Waals surface area contributed by atoms with Gasteiger partial charge in [0.2, 0.25) is 0 Å².